The van der Waals surface area contributed by atoms with Crippen LogP contribution in [0.1, 0.15) is 6.42 Å². The van der Waals surface area contributed by atoms with Crippen LogP contribution in [0.4, 0.5) is 5.82 Å². The first-order chi connectivity index (χ1) is 14.1. The van der Waals surface area contributed by atoms with E-state index in [2.05, 4.69) is 27.1 Å². The Morgan fingerprint density at radius 2 is 1.79 bits per heavy atom. The van der Waals surface area contributed by atoms with Crippen molar-refractivity contribution in [3.05, 3.63) is 59.0 Å². The number of hydrogen-bond donors (Lipinski definition) is 1. The summed E-state index contributed by atoms with van der Waals surface area (Å²) in [4.78, 5) is 22.3. The molecule has 0 radical (unpaired) electrons. The lowest BCUT2D eigenvalue weighted by atomic mass is 10.1. The molecule has 29 heavy (non-hydrogen) atoms. The molecule has 2 aromatic heterocycles. The van der Waals surface area contributed by atoms with Crippen molar-refractivity contribution in [3.8, 4) is 11.1 Å². The van der Waals surface area contributed by atoms with Crippen LogP contribution in [0.3, 0.4) is 0 Å². The van der Waals surface area contributed by atoms with E-state index in [-0.39, 0.29) is 5.56 Å². The van der Waals surface area contributed by atoms with E-state index < -0.39 is 0 Å². The summed E-state index contributed by atoms with van der Waals surface area (Å²) in [6, 6.07) is 13.7. The van der Waals surface area contributed by atoms with Crippen molar-refractivity contribution in [2.75, 3.05) is 51.6 Å². The van der Waals surface area contributed by atoms with Gasteiger partial charge in [0, 0.05) is 63.0 Å². The highest BCUT2D eigenvalue weighted by Crippen LogP contribution is 2.21. The zero-order valence-corrected chi connectivity index (χ0v) is 17.3. The van der Waals surface area contributed by atoms with Gasteiger partial charge in [0.15, 0.2) is 0 Å². The largest absolute Gasteiger partial charge is 0.370 e. The predicted octanol–water partition coefficient (Wildman–Crippen LogP) is 2.65. The molecule has 1 aromatic carbocycles. The lowest BCUT2D eigenvalue weighted by Crippen LogP contribution is -2.44. The van der Waals surface area contributed by atoms with Crippen molar-refractivity contribution < 1.29 is 0 Å². The van der Waals surface area contributed by atoms with Crippen LogP contribution in [-0.4, -0.2) is 65.7 Å². The lowest BCUT2D eigenvalue weighted by Gasteiger charge is -2.32. The van der Waals surface area contributed by atoms with Crippen LogP contribution >= 0.6 is 0 Å². The summed E-state index contributed by atoms with van der Waals surface area (Å²) in [5, 5.41) is 4.38. The molecule has 0 aliphatic carbocycles. The first-order valence-electron chi connectivity index (χ1n) is 10.3. The molecule has 0 amide bonds. The smallest absolute Gasteiger partial charge is 0.258 e. The van der Waals surface area contributed by atoms with Gasteiger partial charge in [-0.1, -0.05) is 30.3 Å². The maximum absolute atomic E-state index is 12.9. The predicted molar refractivity (Wildman–Crippen MR) is 119 cm³/mol. The molecule has 3 heterocycles. The molecular formula is C23H29N5O. The molecule has 1 saturated heterocycles. The van der Waals surface area contributed by atoms with Gasteiger partial charge in [0.05, 0.1) is 5.52 Å². The summed E-state index contributed by atoms with van der Waals surface area (Å²) < 4.78 is 1.72. The number of hydrogen-bond acceptors (Lipinski definition) is 5. The summed E-state index contributed by atoms with van der Waals surface area (Å²) in [5.41, 5.74) is 2.54. The fraction of sp³-hybridized carbons (Fsp3) is 0.391. The van der Waals surface area contributed by atoms with Gasteiger partial charge in [-0.2, -0.15) is 0 Å². The topological polar surface area (TPSA) is 53.4 Å². The second kappa shape index (κ2) is 8.76. The molecule has 0 spiro atoms. The van der Waals surface area contributed by atoms with Crippen LogP contribution in [0.5, 0.6) is 0 Å². The number of aryl methyl sites for hydroxylation is 1. The Hall–Kier alpha value is -2.70. The maximum atomic E-state index is 12.9. The number of piperazine rings is 1. The van der Waals surface area contributed by atoms with E-state index >= 15 is 0 Å². The van der Waals surface area contributed by atoms with E-state index in [1.807, 2.05) is 55.7 Å². The molecule has 1 N–H and O–H groups in total. The third kappa shape index (κ3) is 4.49. The minimum absolute atomic E-state index is 0.0101. The van der Waals surface area contributed by atoms with Crippen LogP contribution in [0, 0.1) is 0 Å². The molecular weight excluding hydrogens is 362 g/mol. The van der Waals surface area contributed by atoms with E-state index in [0.717, 1.165) is 68.0 Å². The number of anilines is 1. The van der Waals surface area contributed by atoms with Crippen LogP contribution in [-0.2, 0) is 7.05 Å². The number of nitrogens with zero attached hydrogens (tertiary/aromatic N) is 4. The SMILES string of the molecule is CN1CCN(CCCNc2cc3c(cn2)cc(-c2ccccc2)c(=O)n3C)CC1. The minimum atomic E-state index is 0.0101. The van der Waals surface area contributed by atoms with Crippen LogP contribution in [0.25, 0.3) is 22.0 Å². The van der Waals surface area contributed by atoms with Crippen molar-refractivity contribution in [3.63, 3.8) is 0 Å². The summed E-state index contributed by atoms with van der Waals surface area (Å²) in [5.74, 6) is 0.818. The quantitative estimate of drug-likeness (QED) is 0.655. The number of likely N-dealkylation sites (N-methyl/N-ethyl adjacent to an activating group) is 1. The van der Waals surface area contributed by atoms with Gasteiger partial charge in [0.2, 0.25) is 0 Å². The molecule has 0 bridgehead atoms. The monoisotopic (exact) mass is 391 g/mol. The van der Waals surface area contributed by atoms with Gasteiger partial charge in [-0.25, -0.2) is 4.98 Å². The summed E-state index contributed by atoms with van der Waals surface area (Å²) in [6.07, 6.45) is 2.93. The molecule has 152 valence electrons. The Morgan fingerprint density at radius 1 is 1.03 bits per heavy atom. The maximum Gasteiger partial charge on any atom is 0.258 e. The van der Waals surface area contributed by atoms with Gasteiger partial charge >= 0.3 is 0 Å². The zero-order chi connectivity index (χ0) is 20.2. The Bertz CT molecular complexity index is 1020. The van der Waals surface area contributed by atoms with E-state index in [1.165, 1.54) is 0 Å². The van der Waals surface area contributed by atoms with Crippen molar-refractivity contribution in [2.45, 2.75) is 6.42 Å². The summed E-state index contributed by atoms with van der Waals surface area (Å²) >= 11 is 0. The van der Waals surface area contributed by atoms with Gasteiger partial charge in [-0.3, -0.25) is 4.79 Å². The second-order valence-electron chi connectivity index (χ2n) is 7.84. The first-order valence-corrected chi connectivity index (χ1v) is 10.3. The number of pyridine rings is 2. The molecule has 4 rings (SSSR count). The Labute approximate surface area is 171 Å². The molecule has 1 aliphatic heterocycles. The van der Waals surface area contributed by atoms with Crippen LogP contribution in [0.2, 0.25) is 0 Å². The van der Waals surface area contributed by atoms with Crippen molar-refractivity contribution >= 4 is 16.7 Å². The van der Waals surface area contributed by atoms with E-state index in [0.29, 0.717) is 5.56 Å². The van der Waals surface area contributed by atoms with Gasteiger partial charge in [-0.15, -0.1) is 0 Å². The highest BCUT2D eigenvalue weighted by molar-refractivity contribution is 5.85. The molecule has 1 aliphatic rings. The average Bonchev–Trinajstić information content (AvgIpc) is 2.76. The molecule has 0 saturated carbocycles. The molecule has 0 unspecified atom stereocenters. The number of nitrogens with one attached hydrogen (secondary N) is 1. The first kappa shape index (κ1) is 19.6. The average molecular weight is 392 g/mol. The van der Waals surface area contributed by atoms with Crippen molar-refractivity contribution in [2.24, 2.45) is 7.05 Å². The number of fused-ring (bicyclic) bond motifs is 1. The fourth-order valence-electron chi connectivity index (χ4n) is 3.88. The number of benzene rings is 1. The molecule has 6 heteroatoms. The normalized spacial score (nSPS) is 15.7. The van der Waals surface area contributed by atoms with Crippen LogP contribution < -0.4 is 10.9 Å². The lowest BCUT2D eigenvalue weighted by molar-refractivity contribution is 0.154. The Morgan fingerprint density at radius 3 is 2.55 bits per heavy atom. The number of aromatic nitrogens is 2. The summed E-state index contributed by atoms with van der Waals surface area (Å²) in [6.45, 7) is 6.58. The summed E-state index contributed by atoms with van der Waals surface area (Å²) in [7, 11) is 4.01. The molecule has 6 nitrogen and oxygen atoms in total. The van der Waals surface area contributed by atoms with Crippen molar-refractivity contribution in [1.82, 2.24) is 19.4 Å². The number of rotatable bonds is 6. The Balaban J connectivity index is 1.44. The molecule has 3 aromatic rings. The molecule has 0 atom stereocenters. The van der Waals surface area contributed by atoms with Crippen molar-refractivity contribution in [1.29, 1.82) is 0 Å². The van der Waals surface area contributed by atoms with E-state index in [4.69, 9.17) is 0 Å². The Kier molecular flexibility index (Phi) is 5.92. The van der Waals surface area contributed by atoms with E-state index in [9.17, 15) is 4.79 Å². The second-order valence-corrected chi connectivity index (χ2v) is 7.84. The van der Waals surface area contributed by atoms with Gasteiger partial charge in [0.1, 0.15) is 5.82 Å². The standard InChI is InChI=1S/C23H29N5O/c1-26-11-13-28(14-12-26)10-6-9-24-22-16-21-19(17-25-22)15-20(23(29)27(21)2)18-7-4-3-5-8-18/h3-5,7-8,15-17H,6,9-14H2,1-2H3,(H,24,25). The third-order valence-electron chi connectivity index (χ3n) is 5.75. The van der Waals surface area contributed by atoms with Gasteiger partial charge < -0.3 is 19.7 Å². The fourth-order valence-corrected chi connectivity index (χ4v) is 3.88. The highest BCUT2D eigenvalue weighted by atomic mass is 16.1. The molecule has 1 fully saturated rings. The van der Waals surface area contributed by atoms with Crippen LogP contribution in [0.15, 0.2) is 53.5 Å². The van der Waals surface area contributed by atoms with Gasteiger partial charge in [-0.05, 0) is 31.6 Å². The van der Waals surface area contributed by atoms with E-state index in [1.54, 1.807) is 4.57 Å². The highest BCUT2D eigenvalue weighted by Gasteiger charge is 2.13. The van der Waals surface area contributed by atoms with Gasteiger partial charge in [0.25, 0.3) is 5.56 Å². The minimum Gasteiger partial charge on any atom is -0.370 e. The third-order valence-corrected chi connectivity index (χ3v) is 5.75. The zero-order valence-electron chi connectivity index (χ0n) is 17.3.